The van der Waals surface area contributed by atoms with E-state index in [0.717, 1.165) is 10.4 Å². The van der Waals surface area contributed by atoms with Crippen LogP contribution in [0.25, 0.3) is 16.6 Å². The maximum atomic E-state index is 14.1. The van der Waals surface area contributed by atoms with Crippen LogP contribution in [0.3, 0.4) is 0 Å². The third kappa shape index (κ3) is 3.52. The van der Waals surface area contributed by atoms with Crippen LogP contribution in [0.2, 0.25) is 0 Å². The number of benzene rings is 2. The predicted octanol–water partition coefficient (Wildman–Crippen LogP) is 2.75. The average Bonchev–Trinajstić information content (AvgIpc) is 3.24. The van der Waals surface area contributed by atoms with Gasteiger partial charge in [-0.1, -0.05) is 17.3 Å². The van der Waals surface area contributed by atoms with Crippen molar-refractivity contribution in [3.63, 3.8) is 0 Å². The summed E-state index contributed by atoms with van der Waals surface area (Å²) < 4.78 is 17.0. The smallest absolute Gasteiger partial charge is 0.277 e. The normalized spacial score (nSPS) is 10.9. The highest BCUT2D eigenvalue weighted by Gasteiger charge is 2.11. The molecule has 4 rings (SSSR count). The zero-order valence-electron chi connectivity index (χ0n) is 14.7. The topological polar surface area (TPSA) is 81.8 Å². The number of aromatic nitrogens is 4. The molecule has 0 radical (unpaired) electrons. The first kappa shape index (κ1) is 17.6. The number of amides is 1. The number of hydrogen-bond acceptors (Lipinski definition) is 4. The number of halogens is 1. The molecule has 1 N–H and O–H groups in total. The Hall–Kier alpha value is -3.81. The summed E-state index contributed by atoms with van der Waals surface area (Å²) in [5.41, 5.74) is 0.975. The first-order chi connectivity index (χ1) is 13.6. The Balaban J connectivity index is 1.47. The lowest BCUT2D eigenvalue weighted by Crippen LogP contribution is -2.26. The maximum Gasteiger partial charge on any atom is 0.277 e. The van der Waals surface area contributed by atoms with Crippen molar-refractivity contribution in [2.24, 2.45) is 0 Å². The number of rotatable bonds is 5. The number of aryl methyl sites for hydroxylation is 1. The van der Waals surface area contributed by atoms with Crippen LogP contribution < -0.4 is 10.9 Å². The Morgan fingerprint density at radius 1 is 1.07 bits per heavy atom. The van der Waals surface area contributed by atoms with Crippen molar-refractivity contribution in [1.29, 1.82) is 0 Å². The monoisotopic (exact) mass is 377 g/mol. The van der Waals surface area contributed by atoms with Crippen LogP contribution >= 0.6 is 0 Å². The molecule has 0 spiro atoms. The van der Waals surface area contributed by atoms with Gasteiger partial charge in [-0.2, -0.15) is 0 Å². The molecule has 4 aromatic rings. The van der Waals surface area contributed by atoms with Crippen molar-refractivity contribution >= 4 is 22.5 Å². The van der Waals surface area contributed by atoms with Crippen LogP contribution in [-0.2, 0) is 11.3 Å². The van der Waals surface area contributed by atoms with E-state index >= 15 is 0 Å². The van der Waals surface area contributed by atoms with Gasteiger partial charge in [-0.25, -0.2) is 9.07 Å². The van der Waals surface area contributed by atoms with Crippen LogP contribution in [-0.4, -0.2) is 25.5 Å². The molecule has 0 bridgehead atoms. The second-order valence-corrected chi connectivity index (χ2v) is 6.19. The van der Waals surface area contributed by atoms with Gasteiger partial charge in [0.25, 0.3) is 5.56 Å². The summed E-state index contributed by atoms with van der Waals surface area (Å²) >= 11 is 0. The Kier molecular flexibility index (Phi) is 4.67. The highest BCUT2D eigenvalue weighted by atomic mass is 19.1. The number of nitrogens with one attached hydrogen (secondary N) is 1. The van der Waals surface area contributed by atoms with Crippen molar-refractivity contribution in [3.8, 4) is 5.69 Å². The molecular formula is C20H16FN5O2. The van der Waals surface area contributed by atoms with Gasteiger partial charge in [-0.05, 0) is 42.5 Å². The summed E-state index contributed by atoms with van der Waals surface area (Å²) in [5, 5.41) is 10.8. The summed E-state index contributed by atoms with van der Waals surface area (Å²) in [4.78, 5) is 24.7. The molecule has 0 aliphatic rings. The summed E-state index contributed by atoms with van der Waals surface area (Å²) in [5.74, 6) is -0.961. The third-order valence-corrected chi connectivity index (χ3v) is 4.31. The second-order valence-electron chi connectivity index (χ2n) is 6.19. The van der Waals surface area contributed by atoms with Gasteiger partial charge in [0.05, 0.1) is 17.6 Å². The average molecular weight is 377 g/mol. The minimum absolute atomic E-state index is 0.0416. The van der Waals surface area contributed by atoms with E-state index in [1.54, 1.807) is 41.0 Å². The summed E-state index contributed by atoms with van der Waals surface area (Å²) in [6.07, 6.45) is 3.60. The Labute approximate surface area is 159 Å². The molecule has 7 nitrogen and oxygen atoms in total. The Bertz CT molecular complexity index is 1200. The molecule has 0 saturated heterocycles. The SMILES string of the molecule is O=C(CCn1nnc2ccccc2c1=O)Nc1cc(-n2cccc2)ccc1F. The zero-order valence-corrected chi connectivity index (χ0v) is 14.7. The zero-order chi connectivity index (χ0) is 19.5. The van der Waals surface area contributed by atoms with E-state index in [2.05, 4.69) is 15.6 Å². The summed E-state index contributed by atoms with van der Waals surface area (Å²) in [7, 11) is 0. The summed E-state index contributed by atoms with van der Waals surface area (Å²) in [6.45, 7) is 0.0431. The van der Waals surface area contributed by atoms with Crippen molar-refractivity contribution in [2.75, 3.05) is 5.32 Å². The van der Waals surface area contributed by atoms with Crippen molar-refractivity contribution < 1.29 is 9.18 Å². The molecule has 0 aliphatic carbocycles. The van der Waals surface area contributed by atoms with Gasteiger partial charge in [-0.3, -0.25) is 9.59 Å². The number of carbonyl (C=O) groups is 1. The van der Waals surface area contributed by atoms with Crippen LogP contribution in [0.15, 0.2) is 71.8 Å². The van der Waals surface area contributed by atoms with E-state index in [4.69, 9.17) is 0 Å². The molecule has 1 amide bonds. The predicted molar refractivity (Wildman–Crippen MR) is 103 cm³/mol. The van der Waals surface area contributed by atoms with Crippen LogP contribution in [0.4, 0.5) is 10.1 Å². The van der Waals surface area contributed by atoms with E-state index in [1.807, 2.05) is 24.5 Å². The van der Waals surface area contributed by atoms with Crippen molar-refractivity contribution in [1.82, 2.24) is 19.6 Å². The highest BCUT2D eigenvalue weighted by Crippen LogP contribution is 2.19. The molecule has 2 aromatic heterocycles. The third-order valence-electron chi connectivity index (χ3n) is 4.31. The van der Waals surface area contributed by atoms with Crippen molar-refractivity contribution in [2.45, 2.75) is 13.0 Å². The lowest BCUT2D eigenvalue weighted by molar-refractivity contribution is -0.116. The molecule has 0 unspecified atom stereocenters. The van der Waals surface area contributed by atoms with Gasteiger partial charge in [0.1, 0.15) is 11.3 Å². The Morgan fingerprint density at radius 2 is 1.86 bits per heavy atom. The molecule has 8 heteroatoms. The standard InChI is InChI=1S/C20H16FN5O2/c21-16-8-7-14(25-10-3-4-11-25)13-18(16)22-19(27)9-12-26-20(28)15-5-1-2-6-17(15)23-24-26/h1-8,10-11,13H,9,12H2,(H,22,27). The largest absolute Gasteiger partial charge is 0.324 e. The first-order valence-electron chi connectivity index (χ1n) is 8.67. The van der Waals surface area contributed by atoms with E-state index < -0.39 is 11.7 Å². The van der Waals surface area contributed by atoms with Gasteiger partial charge in [0.2, 0.25) is 5.91 Å². The van der Waals surface area contributed by atoms with E-state index in [0.29, 0.717) is 10.9 Å². The quantitative estimate of drug-likeness (QED) is 0.580. The molecule has 2 aromatic carbocycles. The van der Waals surface area contributed by atoms with Crippen molar-refractivity contribution in [3.05, 3.63) is 83.2 Å². The Morgan fingerprint density at radius 3 is 2.68 bits per heavy atom. The number of anilines is 1. The van der Waals surface area contributed by atoms with E-state index in [1.165, 1.54) is 6.07 Å². The fourth-order valence-electron chi connectivity index (χ4n) is 2.87. The van der Waals surface area contributed by atoms with Crippen LogP contribution in [0.1, 0.15) is 6.42 Å². The van der Waals surface area contributed by atoms with Gasteiger partial charge < -0.3 is 9.88 Å². The second kappa shape index (κ2) is 7.43. The molecule has 0 saturated carbocycles. The van der Waals surface area contributed by atoms with E-state index in [-0.39, 0.29) is 24.2 Å². The number of hydrogen-bond donors (Lipinski definition) is 1. The maximum absolute atomic E-state index is 14.1. The lowest BCUT2D eigenvalue weighted by atomic mass is 10.2. The molecule has 28 heavy (non-hydrogen) atoms. The first-order valence-corrected chi connectivity index (χ1v) is 8.67. The number of carbonyl (C=O) groups excluding carboxylic acids is 1. The van der Waals surface area contributed by atoms with Gasteiger partial charge in [0, 0.05) is 24.5 Å². The minimum Gasteiger partial charge on any atom is -0.324 e. The molecular weight excluding hydrogens is 361 g/mol. The van der Waals surface area contributed by atoms with Gasteiger partial charge in [0.15, 0.2) is 0 Å². The summed E-state index contributed by atoms with van der Waals surface area (Å²) in [6, 6.07) is 15.0. The molecule has 0 aliphatic heterocycles. The molecule has 140 valence electrons. The molecule has 2 heterocycles. The minimum atomic E-state index is -0.535. The van der Waals surface area contributed by atoms with E-state index in [9.17, 15) is 14.0 Å². The number of fused-ring (bicyclic) bond motifs is 1. The van der Waals surface area contributed by atoms with Gasteiger partial charge >= 0.3 is 0 Å². The molecule has 0 fully saturated rings. The van der Waals surface area contributed by atoms with Gasteiger partial charge in [-0.15, -0.1) is 5.10 Å². The molecule has 0 atom stereocenters. The van der Waals surface area contributed by atoms with Crippen LogP contribution in [0.5, 0.6) is 0 Å². The fraction of sp³-hybridized carbons (Fsp3) is 0.100. The number of nitrogens with zero attached hydrogens (tertiary/aromatic N) is 4. The fourth-order valence-corrected chi connectivity index (χ4v) is 2.87. The van der Waals surface area contributed by atoms with Crippen LogP contribution in [0, 0.1) is 5.82 Å². The highest BCUT2D eigenvalue weighted by molar-refractivity contribution is 5.91. The lowest BCUT2D eigenvalue weighted by Gasteiger charge is -2.10.